The van der Waals surface area contributed by atoms with Gasteiger partial charge in [0.1, 0.15) is 12.4 Å². The van der Waals surface area contributed by atoms with Crippen LogP contribution in [-0.2, 0) is 11.3 Å². The summed E-state index contributed by atoms with van der Waals surface area (Å²) in [5.41, 5.74) is 2.64. The molecule has 0 aliphatic heterocycles. The SMILES string of the molecule is COCCOc1cccc(CNC(=O)c2ccc(-n3cccc3)cc2)c1. The second-order valence-electron chi connectivity index (χ2n) is 5.81. The number of hydrogen-bond donors (Lipinski definition) is 1. The van der Waals surface area contributed by atoms with Gasteiger partial charge in [-0.1, -0.05) is 12.1 Å². The number of aromatic nitrogens is 1. The van der Waals surface area contributed by atoms with Crippen molar-refractivity contribution in [1.82, 2.24) is 9.88 Å². The van der Waals surface area contributed by atoms with E-state index in [9.17, 15) is 4.79 Å². The molecule has 0 saturated carbocycles. The molecule has 1 N–H and O–H groups in total. The topological polar surface area (TPSA) is 52.5 Å². The summed E-state index contributed by atoms with van der Waals surface area (Å²) in [7, 11) is 1.64. The van der Waals surface area contributed by atoms with Crippen LogP contribution in [0.1, 0.15) is 15.9 Å². The first-order valence-corrected chi connectivity index (χ1v) is 8.48. The summed E-state index contributed by atoms with van der Waals surface area (Å²) >= 11 is 0. The Morgan fingerprint density at radius 2 is 1.77 bits per heavy atom. The van der Waals surface area contributed by atoms with E-state index >= 15 is 0 Å². The van der Waals surface area contributed by atoms with Crippen molar-refractivity contribution in [2.24, 2.45) is 0 Å². The van der Waals surface area contributed by atoms with Crippen LogP contribution in [0.25, 0.3) is 5.69 Å². The second-order valence-corrected chi connectivity index (χ2v) is 5.81. The first-order valence-electron chi connectivity index (χ1n) is 8.48. The fourth-order valence-corrected chi connectivity index (χ4v) is 2.56. The van der Waals surface area contributed by atoms with Crippen LogP contribution in [-0.4, -0.2) is 30.8 Å². The summed E-state index contributed by atoms with van der Waals surface area (Å²) in [6, 6.07) is 19.1. The minimum absolute atomic E-state index is 0.102. The molecule has 0 radical (unpaired) electrons. The number of benzene rings is 2. The highest BCUT2D eigenvalue weighted by Crippen LogP contribution is 2.14. The van der Waals surface area contributed by atoms with Crippen molar-refractivity contribution < 1.29 is 14.3 Å². The van der Waals surface area contributed by atoms with Crippen molar-refractivity contribution in [1.29, 1.82) is 0 Å². The van der Waals surface area contributed by atoms with Gasteiger partial charge in [0.25, 0.3) is 5.91 Å². The van der Waals surface area contributed by atoms with E-state index in [-0.39, 0.29) is 5.91 Å². The normalized spacial score (nSPS) is 10.5. The van der Waals surface area contributed by atoms with Crippen LogP contribution < -0.4 is 10.1 Å². The molecular weight excluding hydrogens is 328 g/mol. The molecule has 3 rings (SSSR count). The summed E-state index contributed by atoms with van der Waals surface area (Å²) in [6.07, 6.45) is 3.94. The van der Waals surface area contributed by atoms with E-state index < -0.39 is 0 Å². The van der Waals surface area contributed by atoms with Gasteiger partial charge in [0.05, 0.1) is 6.61 Å². The molecule has 0 bridgehead atoms. The van der Waals surface area contributed by atoms with E-state index in [0.717, 1.165) is 17.0 Å². The predicted molar refractivity (Wildman–Crippen MR) is 101 cm³/mol. The van der Waals surface area contributed by atoms with Gasteiger partial charge in [-0.05, 0) is 54.1 Å². The van der Waals surface area contributed by atoms with Gasteiger partial charge in [-0.25, -0.2) is 0 Å². The number of nitrogens with one attached hydrogen (secondary N) is 1. The van der Waals surface area contributed by atoms with Crippen LogP contribution in [0.2, 0.25) is 0 Å². The Balaban J connectivity index is 1.56. The molecule has 134 valence electrons. The van der Waals surface area contributed by atoms with Gasteiger partial charge in [-0.2, -0.15) is 0 Å². The van der Waals surface area contributed by atoms with Crippen molar-refractivity contribution >= 4 is 5.91 Å². The van der Waals surface area contributed by atoms with Crippen molar-refractivity contribution in [2.75, 3.05) is 20.3 Å². The Morgan fingerprint density at radius 1 is 1.00 bits per heavy atom. The standard InChI is InChI=1S/C21H22N2O3/c1-25-13-14-26-20-6-4-5-17(15-20)16-22-21(24)18-7-9-19(10-8-18)23-11-2-3-12-23/h2-12,15H,13-14,16H2,1H3,(H,22,24). The van der Waals surface area contributed by atoms with Crippen LogP contribution in [0.3, 0.4) is 0 Å². The number of carbonyl (C=O) groups is 1. The first-order chi connectivity index (χ1) is 12.8. The lowest BCUT2D eigenvalue weighted by molar-refractivity contribution is 0.0951. The molecule has 0 saturated heterocycles. The molecule has 0 spiro atoms. The molecule has 5 nitrogen and oxygen atoms in total. The van der Waals surface area contributed by atoms with Gasteiger partial charge >= 0.3 is 0 Å². The maximum Gasteiger partial charge on any atom is 0.251 e. The zero-order valence-corrected chi connectivity index (χ0v) is 14.7. The molecule has 0 fully saturated rings. The number of methoxy groups -OCH3 is 1. The zero-order valence-electron chi connectivity index (χ0n) is 14.7. The number of rotatable bonds is 8. The number of amides is 1. The Bertz CT molecular complexity index is 827. The lowest BCUT2D eigenvalue weighted by Crippen LogP contribution is -2.22. The van der Waals surface area contributed by atoms with E-state index in [0.29, 0.717) is 25.3 Å². The Hall–Kier alpha value is -3.05. The third-order valence-corrected chi connectivity index (χ3v) is 3.94. The first kappa shape index (κ1) is 17.8. The molecule has 1 amide bonds. The van der Waals surface area contributed by atoms with Gasteiger partial charge in [0.15, 0.2) is 0 Å². The number of nitrogens with zero attached hydrogens (tertiary/aromatic N) is 1. The highest BCUT2D eigenvalue weighted by molar-refractivity contribution is 5.94. The molecule has 0 atom stereocenters. The predicted octanol–water partition coefficient (Wildman–Crippen LogP) is 3.43. The Morgan fingerprint density at radius 3 is 2.50 bits per heavy atom. The van der Waals surface area contributed by atoms with Crippen LogP contribution in [0, 0.1) is 0 Å². The highest BCUT2D eigenvalue weighted by atomic mass is 16.5. The minimum atomic E-state index is -0.102. The van der Waals surface area contributed by atoms with E-state index in [1.54, 1.807) is 7.11 Å². The largest absolute Gasteiger partial charge is 0.491 e. The molecule has 5 heteroatoms. The van der Waals surface area contributed by atoms with Gasteiger partial charge in [0, 0.05) is 37.3 Å². The molecule has 1 aromatic heterocycles. The third kappa shape index (κ3) is 4.74. The van der Waals surface area contributed by atoms with Gasteiger partial charge < -0.3 is 19.4 Å². The minimum Gasteiger partial charge on any atom is -0.491 e. The molecule has 1 heterocycles. The lowest BCUT2D eigenvalue weighted by Gasteiger charge is -2.09. The lowest BCUT2D eigenvalue weighted by atomic mass is 10.1. The summed E-state index contributed by atoms with van der Waals surface area (Å²) in [5.74, 6) is 0.666. The molecule has 0 unspecified atom stereocenters. The summed E-state index contributed by atoms with van der Waals surface area (Å²) in [4.78, 5) is 12.3. The van der Waals surface area contributed by atoms with Crippen LogP contribution in [0.15, 0.2) is 73.1 Å². The van der Waals surface area contributed by atoms with Crippen molar-refractivity contribution in [2.45, 2.75) is 6.54 Å². The number of carbonyl (C=O) groups excluding carboxylic acids is 1. The Labute approximate surface area is 153 Å². The maximum atomic E-state index is 12.3. The fraction of sp³-hybridized carbons (Fsp3) is 0.190. The van der Waals surface area contributed by atoms with Crippen LogP contribution in [0.5, 0.6) is 5.75 Å². The van der Waals surface area contributed by atoms with E-state index in [4.69, 9.17) is 9.47 Å². The van der Waals surface area contributed by atoms with Gasteiger partial charge in [0.2, 0.25) is 0 Å². The average molecular weight is 350 g/mol. The van der Waals surface area contributed by atoms with E-state index in [2.05, 4.69) is 5.32 Å². The van der Waals surface area contributed by atoms with E-state index in [1.807, 2.05) is 77.6 Å². The third-order valence-electron chi connectivity index (χ3n) is 3.94. The van der Waals surface area contributed by atoms with Crippen LogP contribution >= 0.6 is 0 Å². The molecule has 26 heavy (non-hydrogen) atoms. The fourth-order valence-electron chi connectivity index (χ4n) is 2.56. The van der Waals surface area contributed by atoms with Crippen molar-refractivity contribution in [3.8, 4) is 11.4 Å². The monoisotopic (exact) mass is 350 g/mol. The van der Waals surface area contributed by atoms with Crippen molar-refractivity contribution in [3.63, 3.8) is 0 Å². The quantitative estimate of drug-likeness (QED) is 0.633. The maximum absolute atomic E-state index is 12.3. The number of ether oxygens (including phenoxy) is 2. The van der Waals surface area contributed by atoms with Gasteiger partial charge in [-0.3, -0.25) is 4.79 Å². The van der Waals surface area contributed by atoms with Crippen LogP contribution in [0.4, 0.5) is 0 Å². The zero-order chi connectivity index (χ0) is 18.2. The molecular formula is C21H22N2O3. The van der Waals surface area contributed by atoms with E-state index in [1.165, 1.54) is 0 Å². The molecule has 3 aromatic rings. The highest BCUT2D eigenvalue weighted by Gasteiger charge is 2.06. The number of hydrogen-bond acceptors (Lipinski definition) is 3. The smallest absolute Gasteiger partial charge is 0.251 e. The average Bonchev–Trinajstić information content (AvgIpc) is 3.22. The molecule has 0 aliphatic carbocycles. The van der Waals surface area contributed by atoms with Gasteiger partial charge in [-0.15, -0.1) is 0 Å². The molecule has 2 aromatic carbocycles. The van der Waals surface area contributed by atoms with Crippen molar-refractivity contribution in [3.05, 3.63) is 84.2 Å². The summed E-state index contributed by atoms with van der Waals surface area (Å²) in [6.45, 7) is 1.49. The second kappa shape index (κ2) is 8.87. The Kier molecular flexibility index (Phi) is 6.06. The summed E-state index contributed by atoms with van der Waals surface area (Å²) in [5, 5.41) is 2.94. The molecule has 0 aliphatic rings. The summed E-state index contributed by atoms with van der Waals surface area (Å²) < 4.78 is 12.6.